The Kier molecular flexibility index (Phi) is 13.4. The molecule has 1 N–H and O–H groups in total. The number of carboxylic acid groups (broad SMARTS) is 1. The van der Waals surface area contributed by atoms with E-state index in [0.717, 1.165) is 56.8 Å². The van der Waals surface area contributed by atoms with E-state index in [2.05, 4.69) is 27.7 Å². The molecule has 0 aliphatic heterocycles. The predicted octanol–water partition coefficient (Wildman–Crippen LogP) is 7.39. The SMILES string of the molecule is CC(C)CCCCCCOC(=O)C1(CCCCCCC(C)C)CCCCC1C(=O)O. The van der Waals surface area contributed by atoms with Crippen molar-refractivity contribution < 1.29 is 19.4 Å². The van der Waals surface area contributed by atoms with Gasteiger partial charge in [-0.2, -0.15) is 0 Å². The molecule has 4 heteroatoms. The molecular formula is C26H48O4. The van der Waals surface area contributed by atoms with Gasteiger partial charge in [0.15, 0.2) is 0 Å². The fourth-order valence-corrected chi connectivity index (χ4v) is 4.91. The number of unbranched alkanes of at least 4 members (excludes halogenated alkanes) is 6. The van der Waals surface area contributed by atoms with Crippen molar-refractivity contribution in [2.45, 2.75) is 124 Å². The second-order valence-electron chi connectivity index (χ2n) is 10.4. The van der Waals surface area contributed by atoms with Crippen LogP contribution in [0.1, 0.15) is 124 Å². The highest BCUT2D eigenvalue weighted by Crippen LogP contribution is 2.46. The van der Waals surface area contributed by atoms with Gasteiger partial charge in [0.05, 0.1) is 17.9 Å². The van der Waals surface area contributed by atoms with E-state index in [4.69, 9.17) is 4.74 Å². The van der Waals surface area contributed by atoms with E-state index < -0.39 is 17.3 Å². The Balaban J connectivity index is 2.53. The first-order chi connectivity index (χ1) is 14.3. The first kappa shape index (κ1) is 27.0. The zero-order chi connectivity index (χ0) is 22.4. The van der Waals surface area contributed by atoms with Crippen molar-refractivity contribution in [2.24, 2.45) is 23.2 Å². The molecule has 1 rings (SSSR count). The molecule has 1 fully saturated rings. The Bertz CT molecular complexity index is 485. The van der Waals surface area contributed by atoms with Crippen LogP contribution in [0.2, 0.25) is 0 Å². The van der Waals surface area contributed by atoms with E-state index in [1.807, 2.05) is 0 Å². The number of esters is 1. The summed E-state index contributed by atoms with van der Waals surface area (Å²) in [6, 6.07) is 0. The lowest BCUT2D eigenvalue weighted by atomic mass is 9.63. The first-order valence-corrected chi connectivity index (χ1v) is 12.7. The number of carbonyl (C=O) groups is 2. The summed E-state index contributed by atoms with van der Waals surface area (Å²) in [6.45, 7) is 9.41. The van der Waals surface area contributed by atoms with Crippen LogP contribution in [0.4, 0.5) is 0 Å². The second kappa shape index (κ2) is 14.9. The molecule has 30 heavy (non-hydrogen) atoms. The standard InChI is InChI=1S/C26H48O4/c1-21(2)15-9-5-7-12-18-26(19-13-11-17-23(26)24(27)28)25(29)30-20-14-8-6-10-16-22(3)4/h21-23H,5-20H2,1-4H3,(H,27,28). The maximum atomic E-state index is 13.1. The summed E-state index contributed by atoms with van der Waals surface area (Å²) >= 11 is 0. The molecule has 4 nitrogen and oxygen atoms in total. The molecule has 1 saturated carbocycles. The van der Waals surface area contributed by atoms with Gasteiger partial charge in [-0.3, -0.25) is 9.59 Å². The van der Waals surface area contributed by atoms with Gasteiger partial charge >= 0.3 is 11.9 Å². The van der Waals surface area contributed by atoms with Crippen LogP contribution >= 0.6 is 0 Å². The minimum atomic E-state index is -0.819. The molecule has 0 aromatic rings. The number of aliphatic carboxylic acids is 1. The average Bonchev–Trinajstić information content (AvgIpc) is 2.69. The van der Waals surface area contributed by atoms with Crippen molar-refractivity contribution in [2.75, 3.05) is 6.61 Å². The highest BCUT2D eigenvalue weighted by atomic mass is 16.5. The summed E-state index contributed by atoms with van der Waals surface area (Å²) in [5.74, 6) is -0.168. The van der Waals surface area contributed by atoms with Crippen LogP contribution in [0.5, 0.6) is 0 Å². The maximum absolute atomic E-state index is 13.1. The van der Waals surface area contributed by atoms with Crippen LogP contribution in [0.15, 0.2) is 0 Å². The molecule has 0 spiro atoms. The molecule has 0 amide bonds. The third-order valence-electron chi connectivity index (χ3n) is 6.80. The minimum absolute atomic E-state index is 0.237. The number of ether oxygens (including phenoxy) is 1. The number of carboxylic acids is 1. The number of hydrogen-bond donors (Lipinski definition) is 1. The zero-order valence-electron chi connectivity index (χ0n) is 20.2. The topological polar surface area (TPSA) is 63.6 Å². The zero-order valence-corrected chi connectivity index (χ0v) is 20.2. The molecule has 2 atom stereocenters. The molecule has 1 aliphatic rings. The van der Waals surface area contributed by atoms with E-state index in [9.17, 15) is 14.7 Å². The van der Waals surface area contributed by atoms with Crippen molar-refractivity contribution in [1.29, 1.82) is 0 Å². The second-order valence-corrected chi connectivity index (χ2v) is 10.4. The molecule has 2 unspecified atom stereocenters. The van der Waals surface area contributed by atoms with E-state index in [-0.39, 0.29) is 5.97 Å². The van der Waals surface area contributed by atoms with Crippen LogP contribution < -0.4 is 0 Å². The number of rotatable bonds is 16. The molecule has 0 heterocycles. The van der Waals surface area contributed by atoms with Gasteiger partial charge in [-0.15, -0.1) is 0 Å². The van der Waals surface area contributed by atoms with E-state index in [0.29, 0.717) is 25.9 Å². The Morgan fingerprint density at radius 1 is 0.867 bits per heavy atom. The summed E-state index contributed by atoms with van der Waals surface area (Å²) in [4.78, 5) is 25.1. The van der Waals surface area contributed by atoms with Crippen molar-refractivity contribution >= 4 is 11.9 Å². The largest absolute Gasteiger partial charge is 0.481 e. The van der Waals surface area contributed by atoms with Gasteiger partial charge in [0, 0.05) is 0 Å². The van der Waals surface area contributed by atoms with Crippen molar-refractivity contribution in [3.63, 3.8) is 0 Å². The van der Waals surface area contributed by atoms with Gasteiger partial charge in [-0.25, -0.2) is 0 Å². The van der Waals surface area contributed by atoms with Crippen LogP contribution in [-0.4, -0.2) is 23.7 Å². The van der Waals surface area contributed by atoms with Gasteiger partial charge < -0.3 is 9.84 Å². The van der Waals surface area contributed by atoms with Gasteiger partial charge in [0.2, 0.25) is 0 Å². The number of hydrogen-bond acceptors (Lipinski definition) is 3. The van der Waals surface area contributed by atoms with Crippen LogP contribution in [0.3, 0.4) is 0 Å². The Morgan fingerprint density at radius 2 is 1.43 bits per heavy atom. The van der Waals surface area contributed by atoms with Gasteiger partial charge in [-0.1, -0.05) is 98.3 Å². The fraction of sp³-hybridized carbons (Fsp3) is 0.923. The molecule has 0 saturated heterocycles. The van der Waals surface area contributed by atoms with E-state index in [1.54, 1.807) is 0 Å². The van der Waals surface area contributed by atoms with E-state index in [1.165, 1.54) is 32.1 Å². The summed E-state index contributed by atoms with van der Waals surface area (Å²) < 4.78 is 5.70. The lowest BCUT2D eigenvalue weighted by molar-refractivity contribution is -0.171. The normalized spacial score (nSPS) is 21.9. The Hall–Kier alpha value is -1.06. The summed E-state index contributed by atoms with van der Waals surface area (Å²) in [5, 5.41) is 9.83. The quantitative estimate of drug-likeness (QED) is 0.207. The molecular weight excluding hydrogens is 376 g/mol. The maximum Gasteiger partial charge on any atom is 0.312 e. The first-order valence-electron chi connectivity index (χ1n) is 12.7. The van der Waals surface area contributed by atoms with Crippen LogP contribution in [-0.2, 0) is 14.3 Å². The van der Waals surface area contributed by atoms with Crippen molar-refractivity contribution in [1.82, 2.24) is 0 Å². The van der Waals surface area contributed by atoms with Crippen molar-refractivity contribution in [3.8, 4) is 0 Å². The molecule has 1 aliphatic carbocycles. The summed E-state index contributed by atoms with van der Waals surface area (Å²) in [6.07, 6.45) is 15.0. The molecule has 0 bridgehead atoms. The van der Waals surface area contributed by atoms with Gasteiger partial charge in [0.1, 0.15) is 0 Å². The Morgan fingerprint density at radius 3 is 2.00 bits per heavy atom. The Labute approximate surface area is 185 Å². The highest BCUT2D eigenvalue weighted by Gasteiger charge is 2.51. The van der Waals surface area contributed by atoms with E-state index >= 15 is 0 Å². The molecule has 0 radical (unpaired) electrons. The average molecular weight is 425 g/mol. The fourth-order valence-electron chi connectivity index (χ4n) is 4.91. The molecule has 176 valence electrons. The van der Waals surface area contributed by atoms with Crippen molar-refractivity contribution in [3.05, 3.63) is 0 Å². The van der Waals surface area contributed by atoms with Gasteiger partial charge in [0.25, 0.3) is 0 Å². The lowest BCUT2D eigenvalue weighted by Crippen LogP contribution is -2.46. The molecule has 0 aromatic heterocycles. The highest BCUT2D eigenvalue weighted by molar-refractivity contribution is 5.85. The third kappa shape index (κ3) is 9.83. The predicted molar refractivity (Wildman–Crippen MR) is 123 cm³/mol. The number of carbonyl (C=O) groups excluding carboxylic acids is 1. The monoisotopic (exact) mass is 424 g/mol. The smallest absolute Gasteiger partial charge is 0.312 e. The van der Waals surface area contributed by atoms with Crippen LogP contribution in [0, 0.1) is 23.2 Å². The summed E-state index contributed by atoms with van der Waals surface area (Å²) in [7, 11) is 0. The van der Waals surface area contributed by atoms with Gasteiger partial charge in [-0.05, 0) is 37.5 Å². The summed E-state index contributed by atoms with van der Waals surface area (Å²) in [5.41, 5.74) is -0.806. The van der Waals surface area contributed by atoms with Crippen LogP contribution in [0.25, 0.3) is 0 Å². The third-order valence-corrected chi connectivity index (χ3v) is 6.80. The lowest BCUT2D eigenvalue weighted by Gasteiger charge is -2.40. The molecule has 0 aromatic carbocycles. The minimum Gasteiger partial charge on any atom is -0.481 e.